The van der Waals surface area contributed by atoms with Crippen LogP contribution < -0.4 is 10.2 Å². The molecular formula is C24H27N3O3S. The van der Waals surface area contributed by atoms with Crippen LogP contribution in [-0.4, -0.2) is 48.0 Å². The lowest BCUT2D eigenvalue weighted by Crippen LogP contribution is -2.41. The van der Waals surface area contributed by atoms with Crippen LogP contribution in [0.1, 0.15) is 42.1 Å². The number of para-hydroxylation sites is 1. The van der Waals surface area contributed by atoms with Crippen molar-refractivity contribution in [1.82, 2.24) is 4.90 Å². The van der Waals surface area contributed by atoms with Gasteiger partial charge in [-0.2, -0.15) is 0 Å². The van der Waals surface area contributed by atoms with Crippen LogP contribution >= 0.6 is 11.8 Å². The van der Waals surface area contributed by atoms with Crippen molar-refractivity contribution in [2.45, 2.75) is 37.5 Å². The van der Waals surface area contributed by atoms with Crippen LogP contribution in [0.15, 0.2) is 47.4 Å². The van der Waals surface area contributed by atoms with E-state index in [0.717, 1.165) is 54.9 Å². The number of piperidine rings is 1. The zero-order valence-corrected chi connectivity index (χ0v) is 18.5. The lowest BCUT2D eigenvalue weighted by molar-refractivity contribution is -0.120. The summed E-state index contributed by atoms with van der Waals surface area (Å²) in [4.78, 5) is 42.7. The van der Waals surface area contributed by atoms with Gasteiger partial charge in [0.05, 0.1) is 11.4 Å². The van der Waals surface area contributed by atoms with Crippen LogP contribution in [-0.2, 0) is 16.0 Å². The lowest BCUT2D eigenvalue weighted by Gasteiger charge is -2.30. The largest absolute Gasteiger partial charge is 0.339 e. The molecule has 0 spiro atoms. The molecule has 3 amide bonds. The summed E-state index contributed by atoms with van der Waals surface area (Å²) in [6, 6.07) is 13.2. The molecule has 2 heterocycles. The number of nitrogens with zero attached hydrogens (tertiary/aromatic N) is 2. The number of benzene rings is 2. The summed E-state index contributed by atoms with van der Waals surface area (Å²) in [5, 5.41) is 2.93. The van der Waals surface area contributed by atoms with Gasteiger partial charge < -0.3 is 15.1 Å². The molecule has 6 nitrogen and oxygen atoms in total. The van der Waals surface area contributed by atoms with Gasteiger partial charge >= 0.3 is 0 Å². The van der Waals surface area contributed by atoms with Gasteiger partial charge in [0.1, 0.15) is 6.54 Å². The number of thioether (sulfide) groups is 1. The molecule has 1 fully saturated rings. The summed E-state index contributed by atoms with van der Waals surface area (Å²) in [7, 11) is 0. The van der Waals surface area contributed by atoms with Crippen molar-refractivity contribution in [3.05, 3.63) is 53.6 Å². The minimum Gasteiger partial charge on any atom is -0.339 e. The second-order valence-electron chi connectivity index (χ2n) is 7.86. The number of fused-ring (bicyclic) bond motifs is 1. The van der Waals surface area contributed by atoms with Crippen molar-refractivity contribution in [2.75, 3.05) is 35.6 Å². The number of anilines is 2. The second-order valence-corrected chi connectivity index (χ2v) is 8.88. The van der Waals surface area contributed by atoms with Crippen molar-refractivity contribution in [3.63, 3.8) is 0 Å². The summed E-state index contributed by atoms with van der Waals surface area (Å²) in [5.41, 5.74) is 3.02. The van der Waals surface area contributed by atoms with Gasteiger partial charge in [-0.3, -0.25) is 14.4 Å². The van der Waals surface area contributed by atoms with Crippen LogP contribution in [0.2, 0.25) is 0 Å². The van der Waals surface area contributed by atoms with Crippen molar-refractivity contribution < 1.29 is 14.4 Å². The fourth-order valence-electron chi connectivity index (χ4n) is 4.07. The Labute approximate surface area is 187 Å². The van der Waals surface area contributed by atoms with Crippen molar-refractivity contribution in [3.8, 4) is 0 Å². The van der Waals surface area contributed by atoms with Gasteiger partial charge in [-0.1, -0.05) is 25.1 Å². The molecular weight excluding hydrogens is 410 g/mol. The van der Waals surface area contributed by atoms with Gasteiger partial charge in [0, 0.05) is 29.2 Å². The van der Waals surface area contributed by atoms with E-state index in [2.05, 4.69) is 5.32 Å². The van der Waals surface area contributed by atoms with Gasteiger partial charge in [-0.25, -0.2) is 0 Å². The van der Waals surface area contributed by atoms with Crippen molar-refractivity contribution in [2.24, 2.45) is 0 Å². The first-order valence-corrected chi connectivity index (χ1v) is 11.8. The van der Waals surface area contributed by atoms with E-state index in [9.17, 15) is 14.4 Å². The highest BCUT2D eigenvalue weighted by molar-refractivity contribution is 8.00. The molecule has 0 radical (unpaired) electrons. The maximum atomic E-state index is 12.9. The molecule has 2 aromatic rings. The fourth-order valence-corrected chi connectivity index (χ4v) is 4.99. The molecule has 7 heteroatoms. The van der Waals surface area contributed by atoms with Crippen LogP contribution in [0.4, 0.5) is 11.4 Å². The zero-order chi connectivity index (χ0) is 21.8. The molecule has 162 valence electrons. The number of carbonyl (C=O) groups is 3. The lowest BCUT2D eigenvalue weighted by atomic mass is 10.1. The molecule has 0 bridgehead atoms. The highest BCUT2D eigenvalue weighted by atomic mass is 32.2. The SMILES string of the molecule is CCc1ccccc1NC(=O)CN1C(=O)CSc2ccc(C(=O)N3CCCCC3)cc21. The Morgan fingerprint density at radius 1 is 1.06 bits per heavy atom. The van der Waals surface area contributed by atoms with Crippen molar-refractivity contribution in [1.29, 1.82) is 0 Å². The van der Waals surface area contributed by atoms with Gasteiger partial charge in [0.25, 0.3) is 5.91 Å². The maximum Gasteiger partial charge on any atom is 0.253 e. The van der Waals surface area contributed by atoms with Crippen LogP contribution in [0.25, 0.3) is 0 Å². The molecule has 2 aliphatic heterocycles. The van der Waals surface area contributed by atoms with Gasteiger partial charge in [-0.05, 0) is 55.5 Å². The molecule has 1 saturated heterocycles. The number of nitrogens with one attached hydrogen (secondary N) is 1. The summed E-state index contributed by atoms with van der Waals surface area (Å²) in [6.07, 6.45) is 4.01. The summed E-state index contributed by atoms with van der Waals surface area (Å²) >= 11 is 1.45. The smallest absolute Gasteiger partial charge is 0.253 e. The number of likely N-dealkylation sites (tertiary alicyclic amines) is 1. The van der Waals surface area contributed by atoms with Crippen LogP contribution in [0.3, 0.4) is 0 Å². The van der Waals surface area contributed by atoms with Crippen LogP contribution in [0.5, 0.6) is 0 Å². The molecule has 0 aromatic heterocycles. The third-order valence-corrected chi connectivity index (χ3v) is 6.81. The maximum absolute atomic E-state index is 12.9. The minimum atomic E-state index is -0.250. The monoisotopic (exact) mass is 437 g/mol. The van der Waals surface area contributed by atoms with E-state index in [1.165, 1.54) is 16.7 Å². The Kier molecular flexibility index (Phi) is 6.61. The number of amides is 3. The minimum absolute atomic E-state index is 0.00760. The van der Waals surface area contributed by atoms with Gasteiger partial charge in [-0.15, -0.1) is 11.8 Å². The highest BCUT2D eigenvalue weighted by Crippen LogP contribution is 2.36. The van der Waals surface area contributed by atoms with E-state index >= 15 is 0 Å². The van der Waals surface area contributed by atoms with E-state index in [4.69, 9.17) is 0 Å². The molecule has 1 N–H and O–H groups in total. The first kappa shape index (κ1) is 21.4. The van der Waals surface area contributed by atoms with E-state index in [-0.39, 0.29) is 30.0 Å². The predicted molar refractivity (Wildman–Crippen MR) is 124 cm³/mol. The number of hydrogen-bond donors (Lipinski definition) is 1. The standard InChI is InChI=1S/C24H27N3O3S/c1-2-17-8-4-5-9-19(17)25-22(28)15-27-20-14-18(10-11-21(20)31-16-23(27)29)24(30)26-12-6-3-7-13-26/h4-5,8-11,14H,2-3,6-7,12-13,15-16H2,1H3,(H,25,28). The van der Waals surface area contributed by atoms with Gasteiger partial charge in [0.15, 0.2) is 0 Å². The third kappa shape index (κ3) is 4.77. The molecule has 0 unspecified atom stereocenters. The Bertz CT molecular complexity index is 1000. The van der Waals surface area contributed by atoms with Crippen molar-refractivity contribution >= 4 is 40.9 Å². The van der Waals surface area contributed by atoms with E-state index in [1.54, 1.807) is 6.07 Å². The average molecular weight is 438 g/mol. The van der Waals surface area contributed by atoms with E-state index in [1.807, 2.05) is 48.2 Å². The van der Waals surface area contributed by atoms with Gasteiger partial charge in [0.2, 0.25) is 11.8 Å². The Morgan fingerprint density at radius 3 is 2.61 bits per heavy atom. The molecule has 0 atom stereocenters. The molecule has 2 aromatic carbocycles. The number of rotatable bonds is 5. The average Bonchev–Trinajstić information content (AvgIpc) is 2.81. The Balaban J connectivity index is 1.54. The molecule has 4 rings (SSSR count). The molecule has 0 saturated carbocycles. The van der Waals surface area contributed by atoms with E-state index < -0.39 is 0 Å². The first-order chi connectivity index (χ1) is 15.1. The van der Waals surface area contributed by atoms with E-state index in [0.29, 0.717) is 11.3 Å². The molecule has 2 aliphatic rings. The van der Waals surface area contributed by atoms with Crippen LogP contribution in [0, 0.1) is 0 Å². The molecule has 31 heavy (non-hydrogen) atoms. The normalized spacial score (nSPS) is 16.1. The third-order valence-electron chi connectivity index (χ3n) is 5.77. The number of carbonyl (C=O) groups excluding carboxylic acids is 3. The first-order valence-electron chi connectivity index (χ1n) is 10.8. The summed E-state index contributed by atoms with van der Waals surface area (Å²) in [5.74, 6) is -0.101. The summed E-state index contributed by atoms with van der Waals surface area (Å²) < 4.78 is 0. The topological polar surface area (TPSA) is 69.7 Å². The fraction of sp³-hybridized carbons (Fsp3) is 0.375. The quantitative estimate of drug-likeness (QED) is 0.769. The Hall–Kier alpha value is -2.80. The number of hydrogen-bond acceptors (Lipinski definition) is 4. The summed E-state index contributed by atoms with van der Waals surface area (Å²) in [6.45, 7) is 3.50. The Morgan fingerprint density at radius 2 is 1.84 bits per heavy atom. The predicted octanol–water partition coefficient (Wildman–Crippen LogP) is 3.95. The zero-order valence-electron chi connectivity index (χ0n) is 17.7. The highest BCUT2D eigenvalue weighted by Gasteiger charge is 2.28. The second kappa shape index (κ2) is 9.56. The molecule has 0 aliphatic carbocycles. The number of aryl methyl sites for hydroxylation is 1.